The minimum Gasteiger partial charge on any atom is -0.356 e. The summed E-state index contributed by atoms with van der Waals surface area (Å²) in [5.74, 6) is 1.39. The summed E-state index contributed by atoms with van der Waals surface area (Å²) in [6, 6.07) is 2.79. The number of hydrogen-bond acceptors (Lipinski definition) is 3. The van der Waals surface area contributed by atoms with Crippen LogP contribution in [0.5, 0.6) is 0 Å². The zero-order chi connectivity index (χ0) is 14.8. The molecular weight excluding hydrogens is 265 g/mol. The quantitative estimate of drug-likeness (QED) is 0.900. The number of aromatic nitrogens is 1. The van der Waals surface area contributed by atoms with Crippen LogP contribution in [0.1, 0.15) is 51.0 Å². The van der Waals surface area contributed by atoms with Gasteiger partial charge in [-0.15, -0.1) is 0 Å². The average Bonchev–Trinajstić information content (AvgIpc) is 3.29. The van der Waals surface area contributed by atoms with Crippen molar-refractivity contribution in [3.63, 3.8) is 0 Å². The smallest absolute Gasteiger partial charge is 0.141 e. The highest BCUT2D eigenvalue weighted by Gasteiger charge is 2.27. The molecule has 0 saturated heterocycles. The summed E-state index contributed by atoms with van der Waals surface area (Å²) in [5, 5.41) is 3.48. The van der Waals surface area contributed by atoms with Crippen molar-refractivity contribution in [3.05, 3.63) is 23.6 Å². The highest BCUT2D eigenvalue weighted by Crippen LogP contribution is 2.31. The maximum Gasteiger partial charge on any atom is 0.141 e. The predicted molar refractivity (Wildman–Crippen MR) is 83.9 cm³/mol. The van der Waals surface area contributed by atoms with E-state index in [1.54, 1.807) is 6.07 Å². The SMILES string of the molecule is CC1CCCCC1N(C)c1ncc(F)cc1CNC1CC1. The van der Waals surface area contributed by atoms with Gasteiger partial charge in [0, 0.05) is 31.2 Å². The van der Waals surface area contributed by atoms with Crippen LogP contribution in [0.2, 0.25) is 0 Å². The van der Waals surface area contributed by atoms with E-state index in [4.69, 9.17) is 0 Å². The second-order valence-electron chi connectivity index (χ2n) is 6.73. The monoisotopic (exact) mass is 291 g/mol. The molecule has 3 rings (SSSR count). The molecule has 0 aromatic carbocycles. The van der Waals surface area contributed by atoms with Crippen LogP contribution in [0.25, 0.3) is 0 Å². The number of pyridine rings is 1. The fourth-order valence-electron chi connectivity index (χ4n) is 3.49. The van der Waals surface area contributed by atoms with Gasteiger partial charge in [-0.2, -0.15) is 0 Å². The first-order valence-electron chi connectivity index (χ1n) is 8.26. The number of anilines is 1. The van der Waals surface area contributed by atoms with E-state index < -0.39 is 0 Å². The van der Waals surface area contributed by atoms with E-state index in [1.165, 1.54) is 44.7 Å². The van der Waals surface area contributed by atoms with Gasteiger partial charge >= 0.3 is 0 Å². The van der Waals surface area contributed by atoms with Crippen molar-refractivity contribution in [2.45, 2.75) is 64.1 Å². The first-order chi connectivity index (χ1) is 10.1. The average molecular weight is 291 g/mol. The number of rotatable bonds is 5. The minimum absolute atomic E-state index is 0.239. The topological polar surface area (TPSA) is 28.2 Å². The van der Waals surface area contributed by atoms with Crippen LogP contribution in [0.4, 0.5) is 10.2 Å². The first-order valence-corrected chi connectivity index (χ1v) is 8.26. The third-order valence-corrected chi connectivity index (χ3v) is 4.97. The number of hydrogen-bond donors (Lipinski definition) is 1. The van der Waals surface area contributed by atoms with Gasteiger partial charge in [0.25, 0.3) is 0 Å². The van der Waals surface area contributed by atoms with E-state index in [0.29, 0.717) is 18.0 Å². The minimum atomic E-state index is -0.239. The van der Waals surface area contributed by atoms with Gasteiger partial charge in [-0.25, -0.2) is 9.37 Å². The lowest BCUT2D eigenvalue weighted by Crippen LogP contribution is -2.40. The Hall–Kier alpha value is -1.16. The molecule has 2 aliphatic carbocycles. The van der Waals surface area contributed by atoms with Gasteiger partial charge in [0.2, 0.25) is 0 Å². The summed E-state index contributed by atoms with van der Waals surface area (Å²) in [4.78, 5) is 6.68. The van der Waals surface area contributed by atoms with Gasteiger partial charge in [0.05, 0.1) is 6.20 Å². The molecule has 1 N–H and O–H groups in total. The van der Waals surface area contributed by atoms with Gasteiger partial charge < -0.3 is 10.2 Å². The summed E-state index contributed by atoms with van der Waals surface area (Å²) < 4.78 is 13.6. The van der Waals surface area contributed by atoms with Crippen molar-refractivity contribution in [1.29, 1.82) is 0 Å². The Bertz CT molecular complexity index is 487. The molecule has 2 fully saturated rings. The molecule has 1 heterocycles. The van der Waals surface area contributed by atoms with E-state index in [-0.39, 0.29) is 5.82 Å². The third-order valence-electron chi connectivity index (χ3n) is 4.97. The molecule has 1 aromatic rings. The van der Waals surface area contributed by atoms with Crippen LogP contribution in [-0.4, -0.2) is 24.1 Å². The largest absolute Gasteiger partial charge is 0.356 e. The predicted octanol–water partition coefficient (Wildman–Crippen LogP) is 3.49. The number of halogens is 1. The molecule has 0 radical (unpaired) electrons. The molecule has 2 atom stereocenters. The molecule has 0 bridgehead atoms. The Morgan fingerprint density at radius 1 is 1.29 bits per heavy atom. The fraction of sp³-hybridized carbons (Fsp3) is 0.706. The van der Waals surface area contributed by atoms with Crippen molar-refractivity contribution in [2.24, 2.45) is 5.92 Å². The normalized spacial score (nSPS) is 25.9. The summed E-state index contributed by atoms with van der Waals surface area (Å²) in [5.41, 5.74) is 0.988. The van der Waals surface area contributed by atoms with Crippen LogP contribution in [-0.2, 0) is 6.54 Å². The van der Waals surface area contributed by atoms with Crippen LogP contribution >= 0.6 is 0 Å². The van der Waals surface area contributed by atoms with Gasteiger partial charge in [0.1, 0.15) is 11.6 Å². The molecule has 2 saturated carbocycles. The molecule has 4 heteroatoms. The van der Waals surface area contributed by atoms with E-state index in [1.807, 2.05) is 0 Å². The van der Waals surface area contributed by atoms with Crippen molar-refractivity contribution in [3.8, 4) is 0 Å². The fourth-order valence-corrected chi connectivity index (χ4v) is 3.49. The molecule has 21 heavy (non-hydrogen) atoms. The van der Waals surface area contributed by atoms with Crippen LogP contribution in [0.15, 0.2) is 12.3 Å². The highest BCUT2D eigenvalue weighted by molar-refractivity contribution is 5.47. The third kappa shape index (κ3) is 3.54. The van der Waals surface area contributed by atoms with Gasteiger partial charge in [0.15, 0.2) is 0 Å². The van der Waals surface area contributed by atoms with Crippen molar-refractivity contribution in [1.82, 2.24) is 10.3 Å². The Morgan fingerprint density at radius 2 is 2.05 bits per heavy atom. The standard InChI is InChI=1S/C17H26FN3/c1-12-5-3-4-6-16(12)21(2)17-13(9-14(18)11-20-17)10-19-15-7-8-15/h9,11-12,15-16,19H,3-8,10H2,1-2H3. The summed E-state index contributed by atoms with van der Waals surface area (Å²) in [7, 11) is 2.12. The molecule has 2 unspecified atom stereocenters. The Kier molecular flexibility index (Phi) is 4.43. The summed E-state index contributed by atoms with van der Waals surface area (Å²) >= 11 is 0. The molecule has 116 valence electrons. The van der Waals surface area contributed by atoms with E-state index in [2.05, 4.69) is 29.2 Å². The van der Waals surface area contributed by atoms with E-state index in [9.17, 15) is 4.39 Å². The maximum atomic E-state index is 13.6. The van der Waals surface area contributed by atoms with Gasteiger partial charge in [-0.3, -0.25) is 0 Å². The van der Waals surface area contributed by atoms with Crippen molar-refractivity contribution >= 4 is 5.82 Å². The molecule has 0 spiro atoms. The van der Waals surface area contributed by atoms with Crippen LogP contribution in [0, 0.1) is 11.7 Å². The summed E-state index contributed by atoms with van der Waals surface area (Å²) in [6.07, 6.45) is 8.95. The van der Waals surface area contributed by atoms with Crippen molar-refractivity contribution in [2.75, 3.05) is 11.9 Å². The lowest BCUT2D eigenvalue weighted by atomic mass is 9.85. The van der Waals surface area contributed by atoms with Crippen LogP contribution in [0.3, 0.4) is 0 Å². The Balaban J connectivity index is 1.78. The molecule has 0 amide bonds. The lowest BCUT2D eigenvalue weighted by molar-refractivity contribution is 0.320. The van der Waals surface area contributed by atoms with E-state index in [0.717, 1.165) is 17.9 Å². The van der Waals surface area contributed by atoms with E-state index >= 15 is 0 Å². The highest BCUT2D eigenvalue weighted by atomic mass is 19.1. The zero-order valence-corrected chi connectivity index (χ0v) is 13.1. The summed E-state index contributed by atoms with van der Waals surface area (Å²) in [6.45, 7) is 3.04. The van der Waals surface area contributed by atoms with Crippen molar-refractivity contribution < 1.29 is 4.39 Å². The number of nitrogens with one attached hydrogen (secondary N) is 1. The second-order valence-corrected chi connectivity index (χ2v) is 6.73. The molecule has 1 aromatic heterocycles. The molecule has 2 aliphatic rings. The van der Waals surface area contributed by atoms with Gasteiger partial charge in [-0.1, -0.05) is 19.8 Å². The van der Waals surface area contributed by atoms with Gasteiger partial charge in [-0.05, 0) is 37.7 Å². The van der Waals surface area contributed by atoms with Crippen LogP contribution < -0.4 is 10.2 Å². The molecular formula is C17H26FN3. The lowest BCUT2D eigenvalue weighted by Gasteiger charge is -2.37. The number of nitrogens with zero attached hydrogens (tertiary/aromatic N) is 2. The first kappa shape index (κ1) is 14.8. The molecule has 0 aliphatic heterocycles. The maximum absolute atomic E-state index is 13.6. The second kappa shape index (κ2) is 6.30. The Labute approximate surface area is 126 Å². The molecule has 3 nitrogen and oxygen atoms in total. The zero-order valence-electron chi connectivity index (χ0n) is 13.1. The Morgan fingerprint density at radius 3 is 2.76 bits per heavy atom.